The van der Waals surface area contributed by atoms with E-state index in [-0.39, 0.29) is 23.7 Å². The quantitative estimate of drug-likeness (QED) is 0.865. The molecule has 0 N–H and O–H groups in total. The SMILES string of the molecule is C[C@@H]1C[C@@H]1C(=O)N1CCC[C@H]1c1nc(Cc2ccc(F)cc2)no1. The fourth-order valence-corrected chi connectivity index (χ4v) is 3.43. The van der Waals surface area contributed by atoms with Crippen LogP contribution in [0.5, 0.6) is 0 Å². The molecule has 1 saturated carbocycles. The highest BCUT2D eigenvalue weighted by Crippen LogP contribution is 2.42. The maximum atomic E-state index is 13.0. The van der Waals surface area contributed by atoms with Crippen molar-refractivity contribution in [2.24, 2.45) is 11.8 Å². The average Bonchev–Trinajstić information content (AvgIpc) is 2.99. The molecule has 1 saturated heterocycles. The lowest BCUT2D eigenvalue weighted by atomic mass is 10.1. The third kappa shape index (κ3) is 2.92. The summed E-state index contributed by atoms with van der Waals surface area (Å²) >= 11 is 0. The van der Waals surface area contributed by atoms with Crippen LogP contribution < -0.4 is 0 Å². The van der Waals surface area contributed by atoms with Crippen LogP contribution in [0.3, 0.4) is 0 Å². The maximum Gasteiger partial charge on any atom is 0.249 e. The molecule has 5 nitrogen and oxygen atoms in total. The van der Waals surface area contributed by atoms with Crippen molar-refractivity contribution in [3.8, 4) is 0 Å². The van der Waals surface area contributed by atoms with E-state index in [2.05, 4.69) is 17.1 Å². The summed E-state index contributed by atoms with van der Waals surface area (Å²) in [5, 5.41) is 4.03. The number of benzene rings is 1. The molecule has 1 aromatic carbocycles. The van der Waals surface area contributed by atoms with Crippen molar-refractivity contribution < 1.29 is 13.7 Å². The number of aromatic nitrogens is 2. The first-order valence-electron chi connectivity index (χ1n) is 8.49. The Hall–Kier alpha value is -2.24. The van der Waals surface area contributed by atoms with E-state index in [1.165, 1.54) is 12.1 Å². The lowest BCUT2D eigenvalue weighted by molar-refractivity contribution is -0.134. The predicted octanol–water partition coefficient (Wildman–Crippen LogP) is 3.12. The van der Waals surface area contributed by atoms with Gasteiger partial charge in [-0.2, -0.15) is 4.98 Å². The van der Waals surface area contributed by atoms with Gasteiger partial charge in [0.2, 0.25) is 11.8 Å². The normalized spacial score (nSPS) is 25.9. The second-order valence-electron chi connectivity index (χ2n) is 6.86. The number of likely N-dealkylation sites (tertiary alicyclic amines) is 1. The minimum Gasteiger partial charge on any atom is -0.337 e. The summed E-state index contributed by atoms with van der Waals surface area (Å²) in [7, 11) is 0. The topological polar surface area (TPSA) is 59.2 Å². The summed E-state index contributed by atoms with van der Waals surface area (Å²) in [6.07, 6.45) is 3.31. The summed E-state index contributed by atoms with van der Waals surface area (Å²) in [5.74, 6) is 1.72. The van der Waals surface area contributed by atoms with Gasteiger partial charge in [-0.25, -0.2) is 4.39 Å². The minimum absolute atomic E-state index is 0.0974. The van der Waals surface area contributed by atoms with Crippen LogP contribution in [-0.2, 0) is 11.2 Å². The van der Waals surface area contributed by atoms with Gasteiger partial charge < -0.3 is 9.42 Å². The number of carbonyl (C=O) groups is 1. The average molecular weight is 329 g/mol. The van der Waals surface area contributed by atoms with E-state index < -0.39 is 0 Å². The Bertz CT molecular complexity index is 743. The molecule has 4 rings (SSSR count). The molecule has 0 spiro atoms. The Balaban J connectivity index is 1.47. The van der Waals surface area contributed by atoms with Crippen molar-refractivity contribution in [3.63, 3.8) is 0 Å². The van der Waals surface area contributed by atoms with Gasteiger partial charge in [0.25, 0.3) is 0 Å². The molecule has 1 aliphatic heterocycles. The Morgan fingerprint density at radius 1 is 1.38 bits per heavy atom. The highest BCUT2D eigenvalue weighted by molar-refractivity contribution is 5.82. The van der Waals surface area contributed by atoms with Crippen molar-refractivity contribution in [2.75, 3.05) is 6.54 Å². The Labute approximate surface area is 139 Å². The van der Waals surface area contributed by atoms with Gasteiger partial charge in [-0.3, -0.25) is 4.79 Å². The monoisotopic (exact) mass is 329 g/mol. The van der Waals surface area contributed by atoms with Crippen LogP contribution in [0.2, 0.25) is 0 Å². The lowest BCUT2D eigenvalue weighted by Gasteiger charge is -2.21. The molecule has 0 unspecified atom stereocenters. The third-order valence-electron chi connectivity index (χ3n) is 5.01. The summed E-state index contributed by atoms with van der Waals surface area (Å²) in [4.78, 5) is 18.9. The third-order valence-corrected chi connectivity index (χ3v) is 5.01. The standard InChI is InChI=1S/C18H20FN3O2/c1-11-9-14(11)18(23)22-8-2-3-15(22)17-20-16(21-24-17)10-12-4-6-13(19)7-5-12/h4-7,11,14-15H,2-3,8-10H2,1H3/t11-,14+,15+/m1/s1. The van der Waals surface area contributed by atoms with Crippen LogP contribution in [0.4, 0.5) is 4.39 Å². The zero-order valence-corrected chi connectivity index (χ0v) is 13.6. The van der Waals surface area contributed by atoms with Crippen molar-refractivity contribution in [2.45, 2.75) is 38.6 Å². The first kappa shape index (κ1) is 15.3. The number of halogens is 1. The minimum atomic E-state index is -0.262. The number of hydrogen-bond acceptors (Lipinski definition) is 4. The summed E-state index contributed by atoms with van der Waals surface area (Å²) in [6.45, 7) is 2.88. The van der Waals surface area contributed by atoms with E-state index >= 15 is 0 Å². The number of carbonyl (C=O) groups excluding carboxylic acids is 1. The molecule has 2 fully saturated rings. The fraction of sp³-hybridized carbons (Fsp3) is 0.500. The van der Waals surface area contributed by atoms with Gasteiger partial charge in [-0.15, -0.1) is 0 Å². The molecule has 2 aromatic rings. The molecule has 1 aliphatic carbocycles. The molecule has 1 amide bonds. The molecule has 2 heterocycles. The number of amides is 1. The zero-order chi connectivity index (χ0) is 16.7. The predicted molar refractivity (Wildman–Crippen MR) is 84.5 cm³/mol. The van der Waals surface area contributed by atoms with Crippen molar-refractivity contribution in [1.29, 1.82) is 0 Å². The summed E-state index contributed by atoms with van der Waals surface area (Å²) in [5.41, 5.74) is 0.926. The van der Waals surface area contributed by atoms with E-state index in [9.17, 15) is 9.18 Å². The van der Waals surface area contributed by atoms with Crippen LogP contribution in [-0.4, -0.2) is 27.5 Å². The second-order valence-corrected chi connectivity index (χ2v) is 6.86. The van der Waals surface area contributed by atoms with E-state index in [1.807, 2.05) is 4.90 Å². The van der Waals surface area contributed by atoms with Crippen LogP contribution in [0.25, 0.3) is 0 Å². The van der Waals surface area contributed by atoms with Crippen LogP contribution in [0, 0.1) is 17.7 Å². The van der Waals surface area contributed by atoms with Crippen molar-refractivity contribution in [1.82, 2.24) is 15.0 Å². The Morgan fingerprint density at radius 2 is 2.12 bits per heavy atom. The first-order valence-corrected chi connectivity index (χ1v) is 8.49. The molecule has 3 atom stereocenters. The fourth-order valence-electron chi connectivity index (χ4n) is 3.43. The van der Waals surface area contributed by atoms with E-state index in [1.54, 1.807) is 12.1 Å². The Morgan fingerprint density at radius 3 is 2.83 bits per heavy atom. The van der Waals surface area contributed by atoms with Gasteiger partial charge in [0.15, 0.2) is 5.82 Å². The zero-order valence-electron chi connectivity index (χ0n) is 13.6. The van der Waals surface area contributed by atoms with Crippen molar-refractivity contribution in [3.05, 3.63) is 47.4 Å². The maximum absolute atomic E-state index is 13.0. The van der Waals surface area contributed by atoms with Crippen molar-refractivity contribution >= 4 is 5.91 Å². The smallest absolute Gasteiger partial charge is 0.249 e. The van der Waals surface area contributed by atoms with Gasteiger partial charge in [-0.1, -0.05) is 24.2 Å². The molecule has 126 valence electrons. The highest BCUT2D eigenvalue weighted by Gasteiger charge is 2.45. The van der Waals surface area contributed by atoms with E-state index in [0.29, 0.717) is 24.1 Å². The lowest BCUT2D eigenvalue weighted by Crippen LogP contribution is -2.32. The van der Waals surface area contributed by atoms with Crippen LogP contribution in [0.15, 0.2) is 28.8 Å². The molecular weight excluding hydrogens is 309 g/mol. The molecule has 1 aromatic heterocycles. The summed E-state index contributed by atoms with van der Waals surface area (Å²) < 4.78 is 18.4. The van der Waals surface area contributed by atoms with Gasteiger partial charge in [0, 0.05) is 18.9 Å². The molecular formula is C18H20FN3O2. The molecule has 0 radical (unpaired) electrons. The van der Waals surface area contributed by atoms with Crippen LogP contribution in [0.1, 0.15) is 49.5 Å². The van der Waals surface area contributed by atoms with Gasteiger partial charge >= 0.3 is 0 Å². The van der Waals surface area contributed by atoms with E-state index in [0.717, 1.165) is 31.4 Å². The molecule has 24 heavy (non-hydrogen) atoms. The number of rotatable bonds is 4. The van der Waals surface area contributed by atoms with Gasteiger partial charge in [-0.05, 0) is 42.9 Å². The van der Waals surface area contributed by atoms with Gasteiger partial charge in [0.1, 0.15) is 11.9 Å². The second kappa shape index (κ2) is 6.00. The largest absolute Gasteiger partial charge is 0.337 e. The number of nitrogens with zero attached hydrogens (tertiary/aromatic N) is 3. The molecule has 0 bridgehead atoms. The Kier molecular flexibility index (Phi) is 3.82. The molecule has 6 heteroatoms. The first-order chi connectivity index (χ1) is 11.6. The van der Waals surface area contributed by atoms with Gasteiger partial charge in [0.05, 0.1) is 0 Å². The summed E-state index contributed by atoms with van der Waals surface area (Å²) in [6, 6.07) is 6.17. The number of hydrogen-bond donors (Lipinski definition) is 0. The van der Waals surface area contributed by atoms with E-state index in [4.69, 9.17) is 4.52 Å². The van der Waals surface area contributed by atoms with Crippen LogP contribution >= 0.6 is 0 Å². The highest BCUT2D eigenvalue weighted by atomic mass is 19.1. The molecule has 2 aliphatic rings.